The number of rotatable bonds is 5. The van der Waals surface area contributed by atoms with Crippen molar-refractivity contribution < 1.29 is 18.9 Å². The normalized spacial score (nSPS) is 11.8. The topological polar surface area (TPSA) is 108 Å². The number of carbonyl (C=O) groups is 1. The van der Waals surface area contributed by atoms with E-state index in [0.717, 1.165) is 5.56 Å². The summed E-state index contributed by atoms with van der Waals surface area (Å²) in [5.74, 6) is -0.163. The number of aryl methyl sites for hydroxylation is 1. The van der Waals surface area contributed by atoms with Crippen molar-refractivity contribution in [3.8, 4) is 11.5 Å². The monoisotopic (exact) mass is 353 g/mol. The molecule has 3 aromatic rings. The Morgan fingerprint density at radius 2 is 1.92 bits per heavy atom. The SMILES string of the molecule is Cc1cccc(C(=O)O[C@@H](C)c2nnc(-c3ccc([N+](=O)[O-])cc3)o2)c1. The van der Waals surface area contributed by atoms with E-state index in [0.29, 0.717) is 11.1 Å². The molecule has 0 amide bonds. The molecule has 1 heterocycles. The smallest absolute Gasteiger partial charge is 0.338 e. The zero-order valence-electron chi connectivity index (χ0n) is 14.1. The summed E-state index contributed by atoms with van der Waals surface area (Å²) in [5.41, 5.74) is 1.89. The molecule has 0 aliphatic carbocycles. The van der Waals surface area contributed by atoms with E-state index in [9.17, 15) is 14.9 Å². The highest BCUT2D eigenvalue weighted by molar-refractivity contribution is 5.89. The van der Waals surface area contributed by atoms with Gasteiger partial charge in [-0.05, 0) is 38.1 Å². The molecule has 0 aliphatic rings. The zero-order valence-corrected chi connectivity index (χ0v) is 14.1. The van der Waals surface area contributed by atoms with Gasteiger partial charge in [0.05, 0.1) is 10.5 Å². The average Bonchev–Trinajstić information content (AvgIpc) is 3.12. The van der Waals surface area contributed by atoms with Gasteiger partial charge in [0.15, 0.2) is 6.10 Å². The number of nitrogens with zero attached hydrogens (tertiary/aromatic N) is 3. The Hall–Kier alpha value is -3.55. The van der Waals surface area contributed by atoms with E-state index >= 15 is 0 Å². The highest BCUT2D eigenvalue weighted by Gasteiger charge is 2.20. The molecule has 26 heavy (non-hydrogen) atoms. The Morgan fingerprint density at radius 1 is 1.19 bits per heavy atom. The molecule has 0 N–H and O–H groups in total. The van der Waals surface area contributed by atoms with Gasteiger partial charge in [0.1, 0.15) is 0 Å². The zero-order chi connectivity index (χ0) is 18.7. The van der Waals surface area contributed by atoms with E-state index in [4.69, 9.17) is 9.15 Å². The van der Waals surface area contributed by atoms with Crippen LogP contribution in [-0.4, -0.2) is 21.1 Å². The second-order valence-electron chi connectivity index (χ2n) is 5.67. The van der Waals surface area contributed by atoms with Crippen LogP contribution in [-0.2, 0) is 4.74 Å². The van der Waals surface area contributed by atoms with E-state index < -0.39 is 17.0 Å². The van der Waals surface area contributed by atoms with E-state index in [2.05, 4.69) is 10.2 Å². The molecule has 0 radical (unpaired) electrons. The van der Waals surface area contributed by atoms with Gasteiger partial charge in [-0.3, -0.25) is 10.1 Å². The van der Waals surface area contributed by atoms with Gasteiger partial charge in [-0.2, -0.15) is 0 Å². The summed E-state index contributed by atoms with van der Waals surface area (Å²) in [4.78, 5) is 22.4. The van der Waals surface area contributed by atoms with Crippen LogP contribution < -0.4 is 0 Å². The molecule has 1 atom stereocenters. The molecule has 132 valence electrons. The van der Waals surface area contributed by atoms with Gasteiger partial charge < -0.3 is 9.15 Å². The maximum Gasteiger partial charge on any atom is 0.338 e. The first-order valence-electron chi connectivity index (χ1n) is 7.80. The second-order valence-corrected chi connectivity index (χ2v) is 5.67. The molecule has 0 fully saturated rings. The van der Waals surface area contributed by atoms with Crippen molar-refractivity contribution >= 4 is 11.7 Å². The molecule has 0 saturated carbocycles. The molecular weight excluding hydrogens is 338 g/mol. The second kappa shape index (κ2) is 7.14. The van der Waals surface area contributed by atoms with Crippen LogP contribution in [0.3, 0.4) is 0 Å². The number of esters is 1. The average molecular weight is 353 g/mol. The Kier molecular flexibility index (Phi) is 4.74. The quantitative estimate of drug-likeness (QED) is 0.389. The van der Waals surface area contributed by atoms with Gasteiger partial charge in [-0.15, -0.1) is 10.2 Å². The first kappa shape index (κ1) is 17.3. The standard InChI is InChI=1S/C18H15N3O5/c1-11-4-3-5-14(10-11)18(22)25-12(2)16-19-20-17(26-16)13-6-8-15(9-7-13)21(23)24/h3-10,12H,1-2H3/t12-/m0/s1. The van der Waals surface area contributed by atoms with Crippen LogP contribution in [0.4, 0.5) is 5.69 Å². The van der Waals surface area contributed by atoms with Crippen LogP contribution in [0.25, 0.3) is 11.5 Å². The van der Waals surface area contributed by atoms with Crippen LogP contribution in [0.1, 0.15) is 34.8 Å². The lowest BCUT2D eigenvalue weighted by molar-refractivity contribution is -0.384. The molecule has 1 aromatic heterocycles. The lowest BCUT2D eigenvalue weighted by atomic mass is 10.1. The maximum atomic E-state index is 12.2. The molecule has 8 nitrogen and oxygen atoms in total. The number of benzene rings is 2. The summed E-state index contributed by atoms with van der Waals surface area (Å²) in [7, 11) is 0. The molecule has 0 spiro atoms. The van der Waals surface area contributed by atoms with Crippen LogP contribution in [0.15, 0.2) is 52.9 Å². The summed E-state index contributed by atoms with van der Waals surface area (Å²) in [5, 5.41) is 18.5. The van der Waals surface area contributed by atoms with Crippen molar-refractivity contribution in [1.29, 1.82) is 0 Å². The van der Waals surface area contributed by atoms with Gasteiger partial charge >= 0.3 is 5.97 Å². The number of non-ortho nitro benzene ring substituents is 1. The summed E-state index contributed by atoms with van der Waals surface area (Å²) in [6.45, 7) is 3.51. The van der Waals surface area contributed by atoms with Crippen molar-refractivity contribution in [3.05, 3.63) is 75.7 Å². The number of aromatic nitrogens is 2. The third-order valence-corrected chi connectivity index (χ3v) is 3.65. The largest absolute Gasteiger partial charge is 0.449 e. The van der Waals surface area contributed by atoms with Crippen LogP contribution in [0, 0.1) is 17.0 Å². The van der Waals surface area contributed by atoms with E-state index in [1.165, 1.54) is 24.3 Å². The van der Waals surface area contributed by atoms with Crippen LogP contribution in [0.5, 0.6) is 0 Å². The van der Waals surface area contributed by atoms with Crippen molar-refractivity contribution in [3.63, 3.8) is 0 Å². The van der Waals surface area contributed by atoms with Crippen molar-refractivity contribution in [2.45, 2.75) is 20.0 Å². The Bertz CT molecular complexity index is 949. The lowest BCUT2D eigenvalue weighted by Gasteiger charge is -2.09. The van der Waals surface area contributed by atoms with Crippen LogP contribution in [0.2, 0.25) is 0 Å². The molecular formula is C18H15N3O5. The minimum absolute atomic E-state index is 0.0334. The van der Waals surface area contributed by atoms with Crippen molar-refractivity contribution in [2.75, 3.05) is 0 Å². The molecule has 3 rings (SSSR count). The third-order valence-electron chi connectivity index (χ3n) is 3.65. The van der Waals surface area contributed by atoms with Crippen molar-refractivity contribution in [2.24, 2.45) is 0 Å². The van der Waals surface area contributed by atoms with E-state index in [1.54, 1.807) is 25.1 Å². The van der Waals surface area contributed by atoms with Gasteiger partial charge in [-0.1, -0.05) is 17.7 Å². The third kappa shape index (κ3) is 3.75. The number of nitro groups is 1. The van der Waals surface area contributed by atoms with Gasteiger partial charge in [-0.25, -0.2) is 4.79 Å². The molecule has 0 unspecified atom stereocenters. The molecule has 0 saturated heterocycles. The predicted molar refractivity (Wildman–Crippen MR) is 91.4 cm³/mol. The molecule has 0 aliphatic heterocycles. The summed E-state index contributed by atoms with van der Waals surface area (Å²) in [6, 6.07) is 12.8. The maximum absolute atomic E-state index is 12.2. The van der Waals surface area contributed by atoms with E-state index in [1.807, 2.05) is 13.0 Å². The summed E-state index contributed by atoms with van der Waals surface area (Å²) >= 11 is 0. The highest BCUT2D eigenvalue weighted by atomic mass is 16.6. The van der Waals surface area contributed by atoms with Crippen LogP contribution >= 0.6 is 0 Å². The number of hydrogen-bond donors (Lipinski definition) is 0. The predicted octanol–water partition coefficient (Wildman–Crippen LogP) is 3.87. The van der Waals surface area contributed by atoms with E-state index in [-0.39, 0.29) is 17.5 Å². The first-order chi connectivity index (χ1) is 12.4. The fourth-order valence-corrected chi connectivity index (χ4v) is 2.29. The Labute approximate surface area is 148 Å². The number of nitro benzene ring substituents is 1. The fourth-order valence-electron chi connectivity index (χ4n) is 2.29. The molecule has 8 heteroatoms. The van der Waals surface area contributed by atoms with Gasteiger partial charge in [0.2, 0.25) is 5.89 Å². The van der Waals surface area contributed by atoms with Gasteiger partial charge in [0.25, 0.3) is 11.6 Å². The number of carbonyl (C=O) groups excluding carboxylic acids is 1. The van der Waals surface area contributed by atoms with Gasteiger partial charge in [0, 0.05) is 17.7 Å². The highest BCUT2D eigenvalue weighted by Crippen LogP contribution is 2.24. The first-order valence-corrected chi connectivity index (χ1v) is 7.80. The number of hydrogen-bond acceptors (Lipinski definition) is 7. The summed E-state index contributed by atoms with van der Waals surface area (Å²) in [6.07, 6.45) is -0.734. The number of ether oxygens (including phenoxy) is 1. The van der Waals surface area contributed by atoms with Crippen molar-refractivity contribution in [1.82, 2.24) is 10.2 Å². The minimum atomic E-state index is -0.734. The lowest BCUT2D eigenvalue weighted by Crippen LogP contribution is -2.09. The fraction of sp³-hybridized carbons (Fsp3) is 0.167. The minimum Gasteiger partial charge on any atom is -0.449 e. The molecule has 0 bridgehead atoms. The Balaban J connectivity index is 1.72. The summed E-state index contributed by atoms with van der Waals surface area (Å²) < 4.78 is 10.9. The Morgan fingerprint density at radius 3 is 2.58 bits per heavy atom. The molecule has 2 aromatic carbocycles.